The zero-order valence-electron chi connectivity index (χ0n) is 16.2. The Morgan fingerprint density at radius 1 is 1.19 bits per heavy atom. The van der Waals surface area contributed by atoms with Crippen molar-refractivity contribution in [2.75, 3.05) is 26.2 Å². The molecule has 26 heavy (non-hydrogen) atoms. The third-order valence-electron chi connectivity index (χ3n) is 4.58. The molecule has 0 heterocycles. The molecule has 8 nitrogen and oxygen atoms in total. The number of quaternary nitrogens is 1. The standard InChI is InChI=1S/C17H30N2O6.K/c1-4-5-6-7-8-15(21)18-9-10-19(11-12-20,13(2)16(22)23)14(3)17(24)25;/h7-8,13-14,20H,4-6,9-12H2,1-3H3,(H2-,18,21,22,23,24,25);/q;+1/b8-7+;. The number of unbranched alkanes of at least 4 members (excludes halogenated alkanes) is 2. The molecular formula is C17H30KN2O6+. The summed E-state index contributed by atoms with van der Waals surface area (Å²) >= 11 is 0. The van der Waals surface area contributed by atoms with Gasteiger partial charge in [-0.2, -0.15) is 0 Å². The van der Waals surface area contributed by atoms with Gasteiger partial charge in [-0.15, -0.1) is 0 Å². The van der Waals surface area contributed by atoms with Crippen LogP contribution >= 0.6 is 0 Å². The molecule has 0 aliphatic rings. The van der Waals surface area contributed by atoms with Crippen molar-refractivity contribution in [2.24, 2.45) is 0 Å². The van der Waals surface area contributed by atoms with Crippen molar-refractivity contribution in [2.45, 2.75) is 52.1 Å². The zero-order chi connectivity index (χ0) is 19.5. The molecule has 0 saturated carbocycles. The van der Waals surface area contributed by atoms with Crippen LogP contribution < -0.4 is 61.8 Å². The maximum absolute atomic E-state index is 11.8. The summed E-state index contributed by atoms with van der Waals surface area (Å²) in [6.07, 6.45) is 5.99. The molecule has 0 radical (unpaired) electrons. The number of allylic oxidation sites excluding steroid dienone is 1. The quantitative estimate of drug-likeness (QED) is 0.127. The van der Waals surface area contributed by atoms with E-state index in [-0.39, 0.29) is 83.5 Å². The van der Waals surface area contributed by atoms with Gasteiger partial charge in [-0.3, -0.25) is 4.79 Å². The van der Waals surface area contributed by atoms with Gasteiger partial charge in [0.2, 0.25) is 5.91 Å². The number of hydrogen-bond acceptors (Lipinski definition) is 5. The van der Waals surface area contributed by atoms with Crippen molar-refractivity contribution in [1.29, 1.82) is 0 Å². The summed E-state index contributed by atoms with van der Waals surface area (Å²) in [5.74, 6) is -2.89. The minimum Gasteiger partial charge on any atom is -0.544 e. The molecule has 3 unspecified atom stereocenters. The number of aliphatic hydroxyl groups excluding tert-OH is 1. The van der Waals surface area contributed by atoms with E-state index in [1.807, 2.05) is 0 Å². The van der Waals surface area contributed by atoms with E-state index in [4.69, 9.17) is 0 Å². The van der Waals surface area contributed by atoms with Crippen LogP contribution in [0.4, 0.5) is 0 Å². The van der Waals surface area contributed by atoms with Gasteiger partial charge in [0, 0.05) is 0 Å². The van der Waals surface area contributed by atoms with Crippen molar-refractivity contribution < 1.29 is 85.6 Å². The van der Waals surface area contributed by atoms with Gasteiger partial charge in [-0.1, -0.05) is 25.8 Å². The van der Waals surface area contributed by atoms with Crippen LogP contribution in [0.15, 0.2) is 12.2 Å². The third kappa shape index (κ3) is 9.07. The number of rotatable bonds is 13. The topological polar surface area (TPSA) is 127 Å². The number of carbonyl (C=O) groups excluding carboxylic acids is 2. The fourth-order valence-electron chi connectivity index (χ4n) is 2.80. The van der Waals surface area contributed by atoms with E-state index < -0.39 is 28.5 Å². The van der Waals surface area contributed by atoms with Crippen molar-refractivity contribution >= 4 is 17.8 Å². The number of aliphatic hydroxyl groups is 1. The number of carboxylic acids is 2. The van der Waals surface area contributed by atoms with E-state index in [9.17, 15) is 29.7 Å². The monoisotopic (exact) mass is 397 g/mol. The number of amides is 1. The Morgan fingerprint density at radius 3 is 2.27 bits per heavy atom. The van der Waals surface area contributed by atoms with Gasteiger partial charge in [0.15, 0.2) is 6.04 Å². The molecule has 0 aromatic carbocycles. The molecule has 0 bridgehead atoms. The second-order valence-electron chi connectivity index (χ2n) is 6.12. The van der Waals surface area contributed by atoms with E-state index in [2.05, 4.69) is 12.2 Å². The average Bonchev–Trinajstić information content (AvgIpc) is 2.56. The maximum Gasteiger partial charge on any atom is 1.00 e. The van der Waals surface area contributed by atoms with Crippen LogP contribution in [0.2, 0.25) is 0 Å². The summed E-state index contributed by atoms with van der Waals surface area (Å²) in [6.45, 7) is 4.50. The molecular weight excluding hydrogens is 367 g/mol. The fourth-order valence-corrected chi connectivity index (χ4v) is 2.80. The Labute approximate surface area is 197 Å². The second-order valence-corrected chi connectivity index (χ2v) is 6.12. The molecule has 0 aliphatic heterocycles. The molecule has 0 aromatic heterocycles. The summed E-state index contributed by atoms with van der Waals surface area (Å²) in [7, 11) is 0. The molecule has 3 N–H and O–H groups in total. The average molecular weight is 398 g/mol. The van der Waals surface area contributed by atoms with Gasteiger partial charge in [-0.25, -0.2) is 4.79 Å². The summed E-state index contributed by atoms with van der Waals surface area (Å²) < 4.78 is -0.409. The van der Waals surface area contributed by atoms with Crippen LogP contribution in [-0.2, 0) is 14.4 Å². The normalized spacial score (nSPS) is 15.5. The molecule has 9 heteroatoms. The summed E-state index contributed by atoms with van der Waals surface area (Å²) in [4.78, 5) is 34.5. The molecule has 1 amide bonds. The van der Waals surface area contributed by atoms with Crippen LogP contribution in [0.25, 0.3) is 0 Å². The molecule has 144 valence electrons. The van der Waals surface area contributed by atoms with E-state index >= 15 is 0 Å². The van der Waals surface area contributed by atoms with Gasteiger partial charge >= 0.3 is 57.4 Å². The Balaban J connectivity index is 0. The van der Waals surface area contributed by atoms with Gasteiger partial charge in [0.05, 0.1) is 25.7 Å². The fraction of sp³-hybridized carbons (Fsp3) is 0.706. The van der Waals surface area contributed by atoms with Crippen LogP contribution in [0.3, 0.4) is 0 Å². The summed E-state index contributed by atoms with van der Waals surface area (Å²) in [5, 5.41) is 32.6. The predicted octanol–water partition coefficient (Wildman–Crippen LogP) is -3.73. The molecule has 0 aliphatic carbocycles. The molecule has 0 fully saturated rings. The first-order chi connectivity index (χ1) is 11.7. The van der Waals surface area contributed by atoms with Crippen LogP contribution in [0, 0.1) is 0 Å². The Morgan fingerprint density at radius 2 is 1.81 bits per heavy atom. The van der Waals surface area contributed by atoms with E-state index in [0.29, 0.717) is 0 Å². The Kier molecular flexibility index (Phi) is 15.8. The minimum absolute atomic E-state index is 0. The first kappa shape index (κ1) is 27.9. The van der Waals surface area contributed by atoms with Gasteiger partial charge < -0.3 is 29.9 Å². The van der Waals surface area contributed by atoms with E-state index in [1.54, 1.807) is 6.08 Å². The molecule has 0 saturated heterocycles. The van der Waals surface area contributed by atoms with E-state index in [0.717, 1.165) is 19.3 Å². The first-order valence-electron chi connectivity index (χ1n) is 8.58. The SMILES string of the molecule is CCCC/C=C/C(=O)NCC[N+](CCO)(C(C)C(=O)[O-])C(C)C(=O)O.[K+]. The summed E-state index contributed by atoms with van der Waals surface area (Å²) in [5.41, 5.74) is 0. The van der Waals surface area contributed by atoms with Gasteiger partial charge in [0.1, 0.15) is 12.6 Å². The molecule has 0 spiro atoms. The molecule has 3 atom stereocenters. The number of aliphatic carboxylic acids is 2. The smallest absolute Gasteiger partial charge is 0.544 e. The van der Waals surface area contributed by atoms with Crippen molar-refractivity contribution in [3.63, 3.8) is 0 Å². The Hall–Kier alpha value is -0.294. The number of nitrogens with one attached hydrogen (secondary N) is 1. The third-order valence-corrected chi connectivity index (χ3v) is 4.58. The largest absolute Gasteiger partial charge is 1.00 e. The van der Waals surface area contributed by atoms with Crippen LogP contribution in [-0.4, -0.2) is 70.9 Å². The molecule has 0 aromatic rings. The number of carboxylic acid groups (broad SMARTS) is 2. The second kappa shape index (κ2) is 14.7. The van der Waals surface area contributed by atoms with Gasteiger partial charge in [0.25, 0.3) is 0 Å². The maximum atomic E-state index is 11.8. The van der Waals surface area contributed by atoms with Crippen LogP contribution in [0.1, 0.15) is 40.0 Å². The molecule has 0 rings (SSSR count). The van der Waals surface area contributed by atoms with Crippen molar-refractivity contribution in [3.8, 4) is 0 Å². The number of nitrogens with zero attached hydrogens (tertiary/aromatic N) is 1. The minimum atomic E-state index is -1.40. The number of carbonyl (C=O) groups is 3. The predicted molar refractivity (Wildman–Crippen MR) is 90.3 cm³/mol. The summed E-state index contributed by atoms with van der Waals surface area (Å²) in [6, 6.07) is -2.22. The van der Waals surface area contributed by atoms with Crippen molar-refractivity contribution in [1.82, 2.24) is 5.32 Å². The first-order valence-corrected chi connectivity index (χ1v) is 8.58. The van der Waals surface area contributed by atoms with Crippen molar-refractivity contribution in [3.05, 3.63) is 12.2 Å². The van der Waals surface area contributed by atoms with Crippen LogP contribution in [0.5, 0.6) is 0 Å². The zero-order valence-corrected chi connectivity index (χ0v) is 19.4. The van der Waals surface area contributed by atoms with Gasteiger partial charge in [-0.05, 0) is 26.3 Å². The number of hydrogen-bond donors (Lipinski definition) is 3. The van der Waals surface area contributed by atoms with E-state index in [1.165, 1.54) is 19.9 Å². The Bertz CT molecular complexity index is 464.